The van der Waals surface area contributed by atoms with Crippen molar-refractivity contribution in [2.45, 2.75) is 38.0 Å². The maximum atomic E-state index is 12.9. The minimum absolute atomic E-state index is 0.201. The second kappa shape index (κ2) is 12.4. The van der Waals surface area contributed by atoms with Crippen LogP contribution in [-0.4, -0.2) is 19.0 Å². The standard InChI is InChI=1S/C26H28ClF3N2O/c1-4-20(14-10-18(2)27)23(17-13-19-11-15-22(16-12-19)26(28,29)30)32-24(25(33)31-3)21-8-6-5-7-9-21/h4-12,14-16,23-24,32H,1,13,17H2,2-3H3,(H,31,33)/b18-10+,20-14+. The van der Waals surface area contributed by atoms with Crippen LogP contribution in [-0.2, 0) is 17.4 Å². The van der Waals surface area contributed by atoms with Gasteiger partial charge in [0.15, 0.2) is 0 Å². The highest BCUT2D eigenvalue weighted by Crippen LogP contribution is 2.29. The number of carbonyl (C=O) groups excluding carboxylic acids is 1. The molecule has 2 N–H and O–H groups in total. The van der Waals surface area contributed by atoms with Crippen LogP contribution in [0, 0.1) is 0 Å². The number of alkyl halides is 3. The molecular weight excluding hydrogens is 449 g/mol. The van der Waals surface area contributed by atoms with Gasteiger partial charge in [-0.05, 0) is 54.7 Å². The molecule has 0 heterocycles. The van der Waals surface area contributed by atoms with Crippen molar-refractivity contribution in [3.63, 3.8) is 0 Å². The van der Waals surface area contributed by atoms with Crippen molar-refractivity contribution >= 4 is 17.5 Å². The number of amides is 1. The van der Waals surface area contributed by atoms with E-state index in [2.05, 4.69) is 17.2 Å². The molecule has 2 unspecified atom stereocenters. The van der Waals surface area contributed by atoms with Crippen LogP contribution in [0.15, 0.2) is 90.0 Å². The van der Waals surface area contributed by atoms with Crippen molar-refractivity contribution < 1.29 is 18.0 Å². The van der Waals surface area contributed by atoms with Gasteiger partial charge in [0, 0.05) is 18.1 Å². The van der Waals surface area contributed by atoms with Gasteiger partial charge in [0.1, 0.15) is 6.04 Å². The van der Waals surface area contributed by atoms with Crippen LogP contribution in [0.4, 0.5) is 13.2 Å². The normalized spacial score (nSPS) is 14.5. The van der Waals surface area contributed by atoms with Gasteiger partial charge in [-0.25, -0.2) is 0 Å². The SMILES string of the molecule is C=C/C(=C\C=C(/C)Cl)C(CCc1ccc(C(F)(F)F)cc1)NC(C(=O)NC)c1ccccc1. The summed E-state index contributed by atoms with van der Waals surface area (Å²) in [6.45, 7) is 5.64. The fourth-order valence-corrected chi connectivity index (χ4v) is 3.43. The van der Waals surface area contributed by atoms with Crippen LogP contribution in [0.3, 0.4) is 0 Å². The fourth-order valence-electron chi connectivity index (χ4n) is 3.37. The number of nitrogens with one attached hydrogen (secondary N) is 2. The molecule has 1 amide bonds. The Labute approximate surface area is 198 Å². The minimum atomic E-state index is -4.37. The summed E-state index contributed by atoms with van der Waals surface area (Å²) in [5.41, 5.74) is 1.69. The van der Waals surface area contributed by atoms with Gasteiger partial charge in [0.05, 0.1) is 5.56 Å². The summed E-state index contributed by atoms with van der Waals surface area (Å²) >= 11 is 5.99. The zero-order valence-electron chi connectivity index (χ0n) is 18.6. The van der Waals surface area contributed by atoms with Crippen LogP contribution < -0.4 is 10.6 Å². The van der Waals surface area contributed by atoms with E-state index in [1.165, 1.54) is 12.1 Å². The number of benzene rings is 2. The number of hydrogen-bond donors (Lipinski definition) is 2. The summed E-state index contributed by atoms with van der Waals surface area (Å²) < 4.78 is 38.6. The predicted octanol–water partition coefficient (Wildman–Crippen LogP) is 6.34. The van der Waals surface area contributed by atoms with E-state index in [4.69, 9.17) is 11.6 Å². The Bertz CT molecular complexity index is 979. The number of aryl methyl sites for hydroxylation is 1. The largest absolute Gasteiger partial charge is 0.416 e. The minimum Gasteiger partial charge on any atom is -0.358 e. The smallest absolute Gasteiger partial charge is 0.358 e. The number of likely N-dealkylation sites (N-methyl/N-ethyl adjacent to an activating group) is 1. The third-order valence-electron chi connectivity index (χ3n) is 5.16. The van der Waals surface area contributed by atoms with E-state index in [0.717, 1.165) is 28.8 Å². The average molecular weight is 477 g/mol. The molecule has 2 aromatic carbocycles. The topological polar surface area (TPSA) is 41.1 Å². The maximum Gasteiger partial charge on any atom is 0.416 e. The molecule has 176 valence electrons. The number of carbonyl (C=O) groups is 1. The number of halogens is 4. The van der Waals surface area contributed by atoms with Crippen molar-refractivity contribution in [3.8, 4) is 0 Å². The Hall–Kier alpha value is -2.83. The van der Waals surface area contributed by atoms with Crippen molar-refractivity contribution in [2.75, 3.05) is 7.05 Å². The molecule has 33 heavy (non-hydrogen) atoms. The Balaban J connectivity index is 2.32. The Kier molecular flexibility index (Phi) is 9.95. The van der Waals surface area contributed by atoms with Crippen LogP contribution in [0.25, 0.3) is 0 Å². The van der Waals surface area contributed by atoms with Gasteiger partial charge >= 0.3 is 6.18 Å². The molecule has 7 heteroatoms. The summed E-state index contributed by atoms with van der Waals surface area (Å²) in [6, 6.07) is 13.5. The highest BCUT2D eigenvalue weighted by Gasteiger charge is 2.30. The first-order valence-electron chi connectivity index (χ1n) is 10.5. The quantitative estimate of drug-likeness (QED) is 0.393. The zero-order valence-corrected chi connectivity index (χ0v) is 19.4. The van der Waals surface area contributed by atoms with Crippen molar-refractivity contribution in [1.82, 2.24) is 10.6 Å². The van der Waals surface area contributed by atoms with E-state index < -0.39 is 17.8 Å². The van der Waals surface area contributed by atoms with Gasteiger partial charge < -0.3 is 5.32 Å². The van der Waals surface area contributed by atoms with Crippen molar-refractivity contribution in [1.29, 1.82) is 0 Å². The lowest BCUT2D eigenvalue weighted by molar-refractivity contribution is -0.137. The second-order valence-corrected chi connectivity index (χ2v) is 8.13. The molecule has 0 radical (unpaired) electrons. The van der Waals surface area contributed by atoms with E-state index in [0.29, 0.717) is 17.9 Å². The molecule has 2 rings (SSSR count). The monoisotopic (exact) mass is 476 g/mol. The lowest BCUT2D eigenvalue weighted by atomic mass is 9.95. The Morgan fingerprint density at radius 1 is 1.09 bits per heavy atom. The fraction of sp³-hybridized carbons (Fsp3) is 0.269. The number of rotatable bonds is 10. The van der Waals surface area contributed by atoms with Gasteiger partial charge in [0.25, 0.3) is 0 Å². The molecule has 0 fully saturated rings. The zero-order chi connectivity index (χ0) is 24.4. The Morgan fingerprint density at radius 2 is 1.73 bits per heavy atom. The molecule has 0 bridgehead atoms. The lowest BCUT2D eigenvalue weighted by Crippen LogP contribution is -2.42. The first-order valence-corrected chi connectivity index (χ1v) is 10.9. The van der Waals surface area contributed by atoms with E-state index >= 15 is 0 Å². The van der Waals surface area contributed by atoms with E-state index in [9.17, 15) is 18.0 Å². The average Bonchev–Trinajstić information content (AvgIpc) is 2.80. The molecule has 0 spiro atoms. The molecule has 3 nitrogen and oxygen atoms in total. The van der Waals surface area contributed by atoms with Crippen LogP contribution in [0.1, 0.15) is 36.1 Å². The molecule has 0 saturated carbocycles. The second-order valence-electron chi connectivity index (χ2n) is 7.53. The summed E-state index contributed by atoms with van der Waals surface area (Å²) in [6.07, 6.45) is 1.91. The van der Waals surface area contributed by atoms with Crippen LogP contribution in [0.2, 0.25) is 0 Å². The maximum absolute atomic E-state index is 12.9. The van der Waals surface area contributed by atoms with Gasteiger partial charge in [-0.15, -0.1) is 0 Å². The van der Waals surface area contributed by atoms with Gasteiger partial charge in [-0.1, -0.05) is 72.8 Å². The van der Waals surface area contributed by atoms with E-state index in [1.54, 1.807) is 26.1 Å². The summed E-state index contributed by atoms with van der Waals surface area (Å²) in [7, 11) is 1.57. The molecule has 0 aliphatic heterocycles. The number of allylic oxidation sites excluding steroid dienone is 3. The van der Waals surface area contributed by atoms with Gasteiger partial charge in [0.2, 0.25) is 5.91 Å². The predicted molar refractivity (Wildman–Crippen MR) is 128 cm³/mol. The van der Waals surface area contributed by atoms with Crippen LogP contribution >= 0.6 is 11.6 Å². The van der Waals surface area contributed by atoms with Crippen LogP contribution in [0.5, 0.6) is 0 Å². The number of hydrogen-bond acceptors (Lipinski definition) is 2. The highest BCUT2D eigenvalue weighted by molar-refractivity contribution is 6.29. The Morgan fingerprint density at radius 3 is 2.24 bits per heavy atom. The summed E-state index contributed by atoms with van der Waals surface area (Å²) in [5, 5.41) is 6.67. The highest BCUT2D eigenvalue weighted by atomic mass is 35.5. The first-order chi connectivity index (χ1) is 15.7. The lowest BCUT2D eigenvalue weighted by Gasteiger charge is -2.26. The molecule has 0 saturated heterocycles. The molecule has 0 aromatic heterocycles. The molecule has 0 aliphatic carbocycles. The van der Waals surface area contributed by atoms with E-state index in [1.807, 2.05) is 36.4 Å². The first kappa shape index (κ1) is 26.4. The van der Waals surface area contributed by atoms with E-state index in [-0.39, 0.29) is 11.9 Å². The van der Waals surface area contributed by atoms with Crippen molar-refractivity contribution in [2.24, 2.45) is 0 Å². The summed E-state index contributed by atoms with van der Waals surface area (Å²) in [4.78, 5) is 12.7. The third kappa shape index (κ3) is 8.22. The third-order valence-corrected chi connectivity index (χ3v) is 5.28. The summed E-state index contributed by atoms with van der Waals surface area (Å²) in [5.74, 6) is -0.201. The molecule has 0 aliphatic rings. The van der Waals surface area contributed by atoms with Gasteiger partial charge in [-0.3, -0.25) is 10.1 Å². The van der Waals surface area contributed by atoms with Crippen molar-refractivity contribution in [3.05, 3.63) is 107 Å². The molecule has 2 atom stereocenters. The molecule has 2 aromatic rings. The molecular formula is C26H28ClF3N2O. The van der Waals surface area contributed by atoms with Gasteiger partial charge in [-0.2, -0.15) is 13.2 Å².